The summed E-state index contributed by atoms with van der Waals surface area (Å²) < 4.78 is 5.62. The van der Waals surface area contributed by atoms with Gasteiger partial charge in [-0.05, 0) is 30.5 Å². The first-order valence-corrected chi connectivity index (χ1v) is 8.50. The molecule has 0 saturated carbocycles. The molecule has 3 rings (SSSR count). The topological polar surface area (TPSA) is 29.5 Å². The Bertz CT molecular complexity index is 719. The minimum atomic E-state index is -0.254. The molecule has 1 amide bonds. The van der Waals surface area contributed by atoms with Crippen molar-refractivity contribution in [3.05, 3.63) is 77.0 Å². The lowest BCUT2D eigenvalue weighted by molar-refractivity contribution is 0.164. The van der Waals surface area contributed by atoms with Gasteiger partial charge in [-0.25, -0.2) is 4.79 Å². The fourth-order valence-electron chi connectivity index (χ4n) is 2.94. The molecule has 24 heavy (non-hydrogen) atoms. The third kappa shape index (κ3) is 3.51. The molecule has 1 unspecified atom stereocenters. The highest BCUT2D eigenvalue weighted by Crippen LogP contribution is 2.37. The minimum absolute atomic E-state index is 0.147. The molecular weight excluding hydrogens is 298 g/mol. The standard InChI is InChI=1S/C21H23NO2/c1-3-4-14-22-20(18-8-6-5-7-9-18)19(24-21(22)23)15-17-12-10-16(2)11-13-17/h5-13,15,20H,3-4,14H2,1-2H3. The summed E-state index contributed by atoms with van der Waals surface area (Å²) in [5.41, 5.74) is 3.34. The summed E-state index contributed by atoms with van der Waals surface area (Å²) in [7, 11) is 0. The molecule has 2 aromatic carbocycles. The van der Waals surface area contributed by atoms with Crippen molar-refractivity contribution in [2.75, 3.05) is 6.54 Å². The van der Waals surface area contributed by atoms with Crippen molar-refractivity contribution in [3.63, 3.8) is 0 Å². The fraction of sp³-hybridized carbons (Fsp3) is 0.286. The SMILES string of the molecule is CCCCN1C(=O)OC(=Cc2ccc(C)cc2)C1c1ccccc1. The summed E-state index contributed by atoms with van der Waals surface area (Å²) in [5, 5.41) is 0. The lowest BCUT2D eigenvalue weighted by Crippen LogP contribution is -2.28. The van der Waals surface area contributed by atoms with E-state index in [1.807, 2.05) is 41.3 Å². The second-order valence-corrected chi connectivity index (χ2v) is 6.19. The first-order chi connectivity index (χ1) is 11.7. The van der Waals surface area contributed by atoms with E-state index >= 15 is 0 Å². The second kappa shape index (κ2) is 7.35. The van der Waals surface area contributed by atoms with Crippen molar-refractivity contribution in [1.29, 1.82) is 0 Å². The lowest BCUT2D eigenvalue weighted by Gasteiger charge is -2.21. The zero-order valence-electron chi connectivity index (χ0n) is 14.2. The Labute approximate surface area is 143 Å². The Morgan fingerprint density at radius 1 is 1.08 bits per heavy atom. The first kappa shape index (κ1) is 16.3. The molecule has 0 radical (unpaired) electrons. The van der Waals surface area contributed by atoms with E-state index in [1.54, 1.807) is 0 Å². The Morgan fingerprint density at radius 2 is 1.79 bits per heavy atom. The van der Waals surface area contributed by atoms with Gasteiger partial charge in [-0.2, -0.15) is 0 Å². The zero-order chi connectivity index (χ0) is 16.9. The van der Waals surface area contributed by atoms with E-state index in [0.29, 0.717) is 12.3 Å². The first-order valence-electron chi connectivity index (χ1n) is 8.50. The fourth-order valence-corrected chi connectivity index (χ4v) is 2.94. The molecule has 0 N–H and O–H groups in total. The van der Waals surface area contributed by atoms with E-state index in [2.05, 4.69) is 38.1 Å². The highest BCUT2D eigenvalue weighted by atomic mass is 16.6. The molecule has 0 aromatic heterocycles. The molecule has 1 aliphatic rings. The number of cyclic esters (lactones) is 1. The van der Waals surface area contributed by atoms with E-state index in [4.69, 9.17) is 4.74 Å². The molecular formula is C21H23NO2. The second-order valence-electron chi connectivity index (χ2n) is 6.19. The van der Waals surface area contributed by atoms with Crippen molar-refractivity contribution >= 4 is 12.2 Å². The molecule has 3 heteroatoms. The molecule has 3 nitrogen and oxygen atoms in total. The number of hydrogen-bond donors (Lipinski definition) is 0. The van der Waals surface area contributed by atoms with Gasteiger partial charge in [-0.1, -0.05) is 73.5 Å². The third-order valence-electron chi connectivity index (χ3n) is 4.27. The molecule has 1 atom stereocenters. The summed E-state index contributed by atoms with van der Waals surface area (Å²) in [4.78, 5) is 14.2. The quantitative estimate of drug-likeness (QED) is 0.745. The van der Waals surface area contributed by atoms with Crippen LogP contribution in [0.25, 0.3) is 6.08 Å². The van der Waals surface area contributed by atoms with Gasteiger partial charge in [-0.3, -0.25) is 4.90 Å². The Morgan fingerprint density at radius 3 is 2.46 bits per heavy atom. The van der Waals surface area contributed by atoms with Gasteiger partial charge in [0.2, 0.25) is 0 Å². The Kier molecular flexibility index (Phi) is 4.99. The Balaban J connectivity index is 1.97. The van der Waals surface area contributed by atoms with E-state index in [1.165, 1.54) is 5.56 Å². The number of nitrogens with zero attached hydrogens (tertiary/aromatic N) is 1. The van der Waals surface area contributed by atoms with Crippen LogP contribution in [0.5, 0.6) is 0 Å². The summed E-state index contributed by atoms with van der Waals surface area (Å²) in [5.74, 6) is 0.700. The number of hydrogen-bond acceptors (Lipinski definition) is 2. The number of ether oxygens (including phenoxy) is 1. The van der Waals surface area contributed by atoms with Crippen LogP contribution in [0.3, 0.4) is 0 Å². The van der Waals surface area contributed by atoms with Gasteiger partial charge in [-0.15, -0.1) is 0 Å². The predicted molar refractivity (Wildman–Crippen MR) is 96.4 cm³/mol. The maximum Gasteiger partial charge on any atom is 0.415 e. The smallest absolute Gasteiger partial charge is 0.412 e. The molecule has 0 aliphatic carbocycles. The third-order valence-corrected chi connectivity index (χ3v) is 4.27. The van der Waals surface area contributed by atoms with Gasteiger partial charge in [0.25, 0.3) is 0 Å². The molecule has 1 heterocycles. The van der Waals surface area contributed by atoms with Crippen LogP contribution in [-0.4, -0.2) is 17.5 Å². The van der Waals surface area contributed by atoms with Crippen LogP contribution in [0.15, 0.2) is 60.4 Å². The van der Waals surface area contributed by atoms with E-state index in [0.717, 1.165) is 24.0 Å². The molecule has 124 valence electrons. The number of aryl methyl sites for hydroxylation is 1. The lowest BCUT2D eigenvalue weighted by atomic mass is 10.0. The molecule has 2 aromatic rings. The largest absolute Gasteiger partial charge is 0.415 e. The van der Waals surface area contributed by atoms with Gasteiger partial charge in [0.1, 0.15) is 11.8 Å². The predicted octanol–water partition coefficient (Wildman–Crippen LogP) is 5.33. The number of rotatable bonds is 5. The monoisotopic (exact) mass is 321 g/mol. The molecule has 1 saturated heterocycles. The van der Waals surface area contributed by atoms with Crippen molar-refractivity contribution in [3.8, 4) is 0 Å². The summed E-state index contributed by atoms with van der Waals surface area (Å²) >= 11 is 0. The van der Waals surface area contributed by atoms with Crippen molar-refractivity contribution in [2.24, 2.45) is 0 Å². The van der Waals surface area contributed by atoms with Crippen LogP contribution in [0, 0.1) is 6.92 Å². The molecule has 0 bridgehead atoms. The minimum Gasteiger partial charge on any atom is -0.412 e. The van der Waals surface area contributed by atoms with Crippen LogP contribution < -0.4 is 0 Å². The summed E-state index contributed by atoms with van der Waals surface area (Å²) in [6, 6.07) is 18.2. The van der Waals surface area contributed by atoms with Crippen LogP contribution in [0.4, 0.5) is 4.79 Å². The van der Waals surface area contributed by atoms with Gasteiger partial charge >= 0.3 is 6.09 Å². The number of unbranched alkanes of at least 4 members (excludes halogenated alkanes) is 1. The average molecular weight is 321 g/mol. The number of carbonyl (C=O) groups is 1. The molecule has 1 fully saturated rings. The van der Waals surface area contributed by atoms with Crippen LogP contribution in [-0.2, 0) is 4.74 Å². The highest BCUT2D eigenvalue weighted by Gasteiger charge is 2.38. The van der Waals surface area contributed by atoms with Gasteiger partial charge in [0.05, 0.1) is 0 Å². The average Bonchev–Trinajstić information content (AvgIpc) is 2.91. The van der Waals surface area contributed by atoms with E-state index in [9.17, 15) is 4.79 Å². The van der Waals surface area contributed by atoms with Gasteiger partial charge in [0, 0.05) is 6.54 Å². The van der Waals surface area contributed by atoms with E-state index in [-0.39, 0.29) is 12.1 Å². The normalized spacial score (nSPS) is 18.9. The maximum absolute atomic E-state index is 12.4. The van der Waals surface area contributed by atoms with Crippen LogP contribution in [0.1, 0.15) is 42.5 Å². The number of carbonyl (C=O) groups excluding carboxylic acids is 1. The molecule has 1 aliphatic heterocycles. The highest BCUT2D eigenvalue weighted by molar-refractivity contribution is 5.76. The van der Waals surface area contributed by atoms with Gasteiger partial charge < -0.3 is 4.74 Å². The molecule has 0 spiro atoms. The zero-order valence-corrected chi connectivity index (χ0v) is 14.2. The van der Waals surface area contributed by atoms with E-state index < -0.39 is 0 Å². The summed E-state index contributed by atoms with van der Waals surface area (Å²) in [6.45, 7) is 4.90. The Hall–Kier alpha value is -2.55. The van der Waals surface area contributed by atoms with Crippen molar-refractivity contribution < 1.29 is 9.53 Å². The van der Waals surface area contributed by atoms with Crippen molar-refractivity contribution in [2.45, 2.75) is 32.7 Å². The number of amides is 1. The van der Waals surface area contributed by atoms with Gasteiger partial charge in [0.15, 0.2) is 0 Å². The summed E-state index contributed by atoms with van der Waals surface area (Å²) in [6.07, 6.45) is 3.73. The van der Waals surface area contributed by atoms with Crippen molar-refractivity contribution in [1.82, 2.24) is 4.90 Å². The number of benzene rings is 2. The van der Waals surface area contributed by atoms with Crippen LogP contribution >= 0.6 is 0 Å². The maximum atomic E-state index is 12.4. The van der Waals surface area contributed by atoms with Crippen LogP contribution in [0.2, 0.25) is 0 Å².